The van der Waals surface area contributed by atoms with Gasteiger partial charge in [-0.1, -0.05) is 36.8 Å². The van der Waals surface area contributed by atoms with Crippen LogP contribution in [-0.2, 0) is 9.59 Å². The molecule has 5 nitrogen and oxygen atoms in total. The van der Waals surface area contributed by atoms with Crippen molar-refractivity contribution in [2.24, 2.45) is 0 Å². The Hall–Kier alpha value is -4.00. The quantitative estimate of drug-likeness (QED) is 0.269. The van der Waals surface area contributed by atoms with E-state index in [1.807, 2.05) is 19.9 Å². The van der Waals surface area contributed by atoms with Crippen LogP contribution in [0.2, 0.25) is 0 Å². The maximum atomic E-state index is 14.8. The van der Waals surface area contributed by atoms with Gasteiger partial charge in [0.05, 0.1) is 23.9 Å². The molecule has 0 spiro atoms. The van der Waals surface area contributed by atoms with E-state index in [9.17, 15) is 23.5 Å². The minimum absolute atomic E-state index is 0.203. The molecule has 1 amide bonds. The highest BCUT2D eigenvalue weighted by Crippen LogP contribution is 2.43. The number of anilines is 1. The summed E-state index contributed by atoms with van der Waals surface area (Å²) in [4.78, 5) is 27.3. The number of ketones is 1. The molecular formula is C28H25F2NO4. The molecule has 1 saturated heterocycles. The van der Waals surface area contributed by atoms with Crippen LogP contribution in [0.25, 0.3) is 5.76 Å². The lowest BCUT2D eigenvalue weighted by atomic mass is 9.93. The molecule has 0 aromatic heterocycles. The van der Waals surface area contributed by atoms with Crippen LogP contribution >= 0.6 is 0 Å². The topological polar surface area (TPSA) is 66.8 Å². The second-order valence-electron chi connectivity index (χ2n) is 8.51. The summed E-state index contributed by atoms with van der Waals surface area (Å²) < 4.78 is 34.5. The molecule has 0 saturated carbocycles. The first-order valence-electron chi connectivity index (χ1n) is 11.3. The second kappa shape index (κ2) is 9.70. The van der Waals surface area contributed by atoms with Gasteiger partial charge in [-0.3, -0.25) is 14.5 Å². The number of nitrogens with zero attached hydrogens (tertiary/aromatic N) is 1. The molecule has 3 aromatic carbocycles. The second-order valence-corrected chi connectivity index (χ2v) is 8.51. The molecule has 0 aliphatic carbocycles. The van der Waals surface area contributed by atoms with E-state index in [0.29, 0.717) is 23.5 Å². The van der Waals surface area contributed by atoms with Gasteiger partial charge in [-0.25, -0.2) is 8.78 Å². The largest absolute Gasteiger partial charge is 0.507 e. The van der Waals surface area contributed by atoms with Crippen LogP contribution in [0.3, 0.4) is 0 Å². The van der Waals surface area contributed by atoms with Gasteiger partial charge in [-0.2, -0.15) is 0 Å². The predicted octanol–water partition coefficient (Wildman–Crippen LogP) is 6.00. The first-order valence-corrected chi connectivity index (χ1v) is 11.3. The third-order valence-corrected chi connectivity index (χ3v) is 5.88. The number of aryl methyl sites for hydroxylation is 2. The van der Waals surface area contributed by atoms with Gasteiger partial charge in [0.1, 0.15) is 23.1 Å². The zero-order chi connectivity index (χ0) is 25.3. The number of hydrogen-bond acceptors (Lipinski definition) is 4. The number of amides is 1. The number of ether oxygens (including phenoxy) is 1. The lowest BCUT2D eigenvalue weighted by molar-refractivity contribution is -0.132. The maximum absolute atomic E-state index is 14.8. The Balaban J connectivity index is 1.92. The standard InChI is InChI=1S/C28H25F2NO4/c1-4-12-35-23-11-8-19(14-17(23)3)26(32)24-25(18-7-5-6-16(2)13-18)31(28(34)27(24)33)22-15-20(29)9-10-21(22)30/h5-11,13-15,25,32H,4,12H2,1-3H3/b26-24+. The number of Topliss-reactive ketones (excluding diaryl/α,β-unsaturated/α-hetero) is 1. The van der Waals surface area contributed by atoms with E-state index in [0.717, 1.165) is 40.6 Å². The van der Waals surface area contributed by atoms with E-state index in [1.165, 1.54) is 0 Å². The summed E-state index contributed by atoms with van der Waals surface area (Å²) in [5.41, 5.74) is 1.78. The van der Waals surface area contributed by atoms with Crippen molar-refractivity contribution in [3.05, 3.63) is 100 Å². The molecule has 1 N–H and O–H groups in total. The Morgan fingerprint density at radius 3 is 2.49 bits per heavy atom. The minimum Gasteiger partial charge on any atom is -0.507 e. The van der Waals surface area contributed by atoms with Crippen molar-refractivity contribution in [3.8, 4) is 5.75 Å². The number of halogens is 2. The number of hydrogen-bond donors (Lipinski definition) is 1. The Kier molecular flexibility index (Phi) is 6.69. The van der Waals surface area contributed by atoms with Crippen LogP contribution in [0, 0.1) is 25.5 Å². The molecule has 3 aromatic rings. The summed E-state index contributed by atoms with van der Waals surface area (Å²) in [6.45, 7) is 6.16. The third-order valence-electron chi connectivity index (χ3n) is 5.88. The Morgan fingerprint density at radius 2 is 1.80 bits per heavy atom. The summed E-state index contributed by atoms with van der Waals surface area (Å²) in [7, 11) is 0. The van der Waals surface area contributed by atoms with Crippen molar-refractivity contribution in [1.82, 2.24) is 0 Å². The SMILES string of the molecule is CCCOc1ccc(/C(O)=C2\C(=O)C(=O)N(c3cc(F)ccc3F)C2c2cccc(C)c2)cc1C. The van der Waals surface area contributed by atoms with Gasteiger partial charge in [-0.15, -0.1) is 0 Å². The minimum atomic E-state index is -1.15. The van der Waals surface area contributed by atoms with E-state index < -0.39 is 35.1 Å². The first kappa shape index (κ1) is 24.1. The fourth-order valence-corrected chi connectivity index (χ4v) is 4.23. The average Bonchev–Trinajstić information content (AvgIpc) is 3.09. The molecule has 1 aliphatic rings. The zero-order valence-corrected chi connectivity index (χ0v) is 19.6. The Morgan fingerprint density at radius 1 is 1.03 bits per heavy atom. The molecule has 4 rings (SSSR count). The average molecular weight is 478 g/mol. The van der Waals surface area contributed by atoms with E-state index in [4.69, 9.17) is 4.74 Å². The molecule has 1 heterocycles. The molecule has 180 valence electrons. The summed E-state index contributed by atoms with van der Waals surface area (Å²) in [5, 5.41) is 11.3. The van der Waals surface area contributed by atoms with Gasteiger partial charge >= 0.3 is 0 Å². The van der Waals surface area contributed by atoms with Crippen LogP contribution in [0.15, 0.2) is 66.2 Å². The smallest absolute Gasteiger partial charge is 0.300 e. The highest BCUT2D eigenvalue weighted by Gasteiger charge is 2.47. The van der Waals surface area contributed by atoms with Crippen molar-refractivity contribution in [3.63, 3.8) is 0 Å². The third kappa shape index (κ3) is 4.54. The Labute approximate surface area is 202 Å². The lowest BCUT2D eigenvalue weighted by Crippen LogP contribution is -2.30. The molecule has 7 heteroatoms. The lowest BCUT2D eigenvalue weighted by Gasteiger charge is -2.26. The fraction of sp³-hybridized carbons (Fsp3) is 0.214. The molecule has 1 unspecified atom stereocenters. The number of carbonyl (C=O) groups is 2. The molecule has 1 aliphatic heterocycles. The van der Waals surface area contributed by atoms with Gasteiger partial charge < -0.3 is 9.84 Å². The number of carbonyl (C=O) groups excluding carboxylic acids is 2. The van der Waals surface area contributed by atoms with Gasteiger partial charge in [0.2, 0.25) is 0 Å². The highest BCUT2D eigenvalue weighted by molar-refractivity contribution is 6.51. The number of aliphatic hydroxyl groups is 1. The number of aliphatic hydroxyl groups excluding tert-OH is 1. The first-order chi connectivity index (χ1) is 16.7. The predicted molar refractivity (Wildman–Crippen MR) is 129 cm³/mol. The normalized spacial score (nSPS) is 17.2. The molecule has 0 radical (unpaired) electrons. The van der Waals surface area contributed by atoms with Crippen molar-refractivity contribution in [2.75, 3.05) is 11.5 Å². The monoisotopic (exact) mass is 477 g/mol. The van der Waals surface area contributed by atoms with E-state index in [-0.39, 0.29) is 11.3 Å². The van der Waals surface area contributed by atoms with Crippen LogP contribution in [0.5, 0.6) is 5.75 Å². The summed E-state index contributed by atoms with van der Waals surface area (Å²) >= 11 is 0. The molecular weight excluding hydrogens is 452 g/mol. The van der Waals surface area contributed by atoms with Crippen molar-refractivity contribution < 1.29 is 28.2 Å². The van der Waals surface area contributed by atoms with Gasteiger partial charge in [0.15, 0.2) is 0 Å². The van der Waals surface area contributed by atoms with Gasteiger partial charge in [0.25, 0.3) is 11.7 Å². The molecule has 1 atom stereocenters. The zero-order valence-electron chi connectivity index (χ0n) is 19.6. The van der Waals surface area contributed by atoms with Crippen molar-refractivity contribution in [1.29, 1.82) is 0 Å². The van der Waals surface area contributed by atoms with Crippen molar-refractivity contribution >= 4 is 23.1 Å². The van der Waals surface area contributed by atoms with E-state index >= 15 is 0 Å². The van der Waals surface area contributed by atoms with Crippen LogP contribution in [0.1, 0.15) is 41.6 Å². The van der Waals surface area contributed by atoms with Crippen LogP contribution < -0.4 is 9.64 Å². The summed E-state index contributed by atoms with van der Waals surface area (Å²) in [6.07, 6.45) is 0.831. The van der Waals surface area contributed by atoms with E-state index in [2.05, 4.69) is 0 Å². The Bertz CT molecular complexity index is 1350. The maximum Gasteiger partial charge on any atom is 0.300 e. The van der Waals surface area contributed by atoms with Crippen LogP contribution in [-0.4, -0.2) is 23.4 Å². The summed E-state index contributed by atoms with van der Waals surface area (Å²) in [6, 6.07) is 13.5. The highest BCUT2D eigenvalue weighted by atomic mass is 19.1. The van der Waals surface area contributed by atoms with Crippen LogP contribution in [0.4, 0.5) is 14.5 Å². The van der Waals surface area contributed by atoms with Crippen molar-refractivity contribution in [2.45, 2.75) is 33.2 Å². The summed E-state index contributed by atoms with van der Waals surface area (Å²) in [5.74, 6) is -3.42. The fourth-order valence-electron chi connectivity index (χ4n) is 4.23. The van der Waals surface area contributed by atoms with Gasteiger partial charge in [0, 0.05) is 11.6 Å². The number of benzene rings is 3. The van der Waals surface area contributed by atoms with E-state index in [1.54, 1.807) is 43.3 Å². The molecule has 0 bridgehead atoms. The van der Waals surface area contributed by atoms with Gasteiger partial charge in [-0.05, 0) is 61.7 Å². The molecule has 1 fully saturated rings. The number of rotatable bonds is 6. The molecule has 35 heavy (non-hydrogen) atoms.